The Morgan fingerprint density at radius 2 is 1.64 bits per heavy atom. The highest BCUT2D eigenvalue weighted by atomic mass is 16.5. The van der Waals surface area contributed by atoms with Gasteiger partial charge in [0.25, 0.3) is 11.8 Å². The summed E-state index contributed by atoms with van der Waals surface area (Å²) >= 11 is 0. The SMILES string of the molecule is COCCOc1ccc(C(=O)NNC(=O)COc2ccccc2C(C)C)cc1. The number of methoxy groups -OCH3 is 1. The lowest BCUT2D eigenvalue weighted by molar-refractivity contribution is -0.123. The average Bonchev–Trinajstić information content (AvgIpc) is 2.71. The van der Waals surface area contributed by atoms with Crippen molar-refractivity contribution < 1.29 is 23.8 Å². The Labute approximate surface area is 165 Å². The average molecular weight is 386 g/mol. The van der Waals surface area contributed by atoms with Crippen molar-refractivity contribution in [2.45, 2.75) is 19.8 Å². The minimum absolute atomic E-state index is 0.198. The number of hydrogen-bond donors (Lipinski definition) is 2. The summed E-state index contributed by atoms with van der Waals surface area (Å²) in [5.74, 6) is 0.684. The van der Waals surface area contributed by atoms with Crippen LogP contribution in [0.1, 0.15) is 35.7 Å². The Hall–Kier alpha value is -3.06. The molecule has 0 bridgehead atoms. The van der Waals surface area contributed by atoms with Gasteiger partial charge in [0.2, 0.25) is 0 Å². The monoisotopic (exact) mass is 386 g/mol. The van der Waals surface area contributed by atoms with Crippen LogP contribution in [0.4, 0.5) is 0 Å². The number of rotatable bonds is 9. The van der Waals surface area contributed by atoms with Gasteiger partial charge in [-0.1, -0.05) is 32.0 Å². The molecule has 7 heteroatoms. The third-order valence-electron chi connectivity index (χ3n) is 3.89. The summed E-state index contributed by atoms with van der Waals surface area (Å²) in [4.78, 5) is 24.1. The minimum atomic E-state index is -0.452. The van der Waals surface area contributed by atoms with Crippen molar-refractivity contribution in [3.05, 3.63) is 59.7 Å². The van der Waals surface area contributed by atoms with Crippen LogP contribution in [0.25, 0.3) is 0 Å². The van der Waals surface area contributed by atoms with E-state index < -0.39 is 11.8 Å². The van der Waals surface area contributed by atoms with Gasteiger partial charge in [-0.25, -0.2) is 0 Å². The molecule has 0 saturated heterocycles. The smallest absolute Gasteiger partial charge is 0.276 e. The summed E-state index contributed by atoms with van der Waals surface area (Å²) in [6, 6.07) is 14.1. The molecule has 2 aromatic rings. The van der Waals surface area contributed by atoms with Crippen LogP contribution >= 0.6 is 0 Å². The molecule has 0 fully saturated rings. The molecule has 0 aliphatic heterocycles. The van der Waals surface area contributed by atoms with E-state index >= 15 is 0 Å². The maximum atomic E-state index is 12.1. The van der Waals surface area contributed by atoms with Crippen molar-refractivity contribution in [2.24, 2.45) is 0 Å². The zero-order valence-electron chi connectivity index (χ0n) is 16.4. The maximum Gasteiger partial charge on any atom is 0.276 e. The summed E-state index contributed by atoms with van der Waals surface area (Å²) in [5, 5.41) is 0. The second kappa shape index (κ2) is 10.9. The molecule has 28 heavy (non-hydrogen) atoms. The zero-order chi connectivity index (χ0) is 20.4. The molecule has 0 atom stereocenters. The Kier molecular flexibility index (Phi) is 8.30. The number of carbonyl (C=O) groups is 2. The first-order valence-corrected chi connectivity index (χ1v) is 9.04. The van der Waals surface area contributed by atoms with Crippen LogP contribution in [-0.2, 0) is 9.53 Å². The van der Waals surface area contributed by atoms with E-state index in [1.54, 1.807) is 31.4 Å². The van der Waals surface area contributed by atoms with Crippen molar-refractivity contribution in [1.82, 2.24) is 10.9 Å². The van der Waals surface area contributed by atoms with Gasteiger partial charge < -0.3 is 14.2 Å². The van der Waals surface area contributed by atoms with E-state index in [2.05, 4.69) is 24.7 Å². The third-order valence-corrected chi connectivity index (χ3v) is 3.89. The van der Waals surface area contributed by atoms with E-state index in [1.807, 2.05) is 24.3 Å². The normalized spacial score (nSPS) is 10.4. The number of nitrogens with one attached hydrogen (secondary N) is 2. The van der Waals surface area contributed by atoms with E-state index in [0.717, 1.165) is 5.56 Å². The van der Waals surface area contributed by atoms with Crippen LogP contribution in [0.3, 0.4) is 0 Å². The summed E-state index contributed by atoms with van der Waals surface area (Å²) in [5.41, 5.74) is 6.12. The zero-order valence-corrected chi connectivity index (χ0v) is 16.4. The predicted octanol–water partition coefficient (Wildman–Crippen LogP) is 2.68. The molecular formula is C21H26N2O5. The lowest BCUT2D eigenvalue weighted by atomic mass is 10.0. The molecule has 7 nitrogen and oxygen atoms in total. The number of amides is 2. The van der Waals surface area contributed by atoms with E-state index in [-0.39, 0.29) is 12.5 Å². The topological polar surface area (TPSA) is 85.9 Å². The van der Waals surface area contributed by atoms with E-state index in [1.165, 1.54) is 0 Å². The number of hydrazine groups is 1. The molecule has 2 aromatic carbocycles. The van der Waals surface area contributed by atoms with Crippen molar-refractivity contribution in [2.75, 3.05) is 26.9 Å². The minimum Gasteiger partial charge on any atom is -0.491 e. The quantitative estimate of drug-likeness (QED) is 0.511. The first kappa shape index (κ1) is 21.2. The van der Waals surface area contributed by atoms with E-state index in [4.69, 9.17) is 14.2 Å². The van der Waals surface area contributed by atoms with Crippen molar-refractivity contribution in [3.8, 4) is 11.5 Å². The van der Waals surface area contributed by atoms with Gasteiger partial charge in [-0.15, -0.1) is 0 Å². The number of ether oxygens (including phenoxy) is 3. The van der Waals surface area contributed by atoms with Crippen molar-refractivity contribution in [3.63, 3.8) is 0 Å². The number of para-hydroxylation sites is 1. The molecule has 0 heterocycles. The number of hydrogen-bond acceptors (Lipinski definition) is 5. The molecule has 2 rings (SSSR count). The molecule has 0 aromatic heterocycles. The van der Waals surface area contributed by atoms with Gasteiger partial charge in [-0.2, -0.15) is 0 Å². The Bertz CT molecular complexity index is 775. The van der Waals surface area contributed by atoms with Crippen LogP contribution in [0.2, 0.25) is 0 Å². The van der Waals surface area contributed by atoms with Crippen LogP contribution in [0.5, 0.6) is 11.5 Å². The van der Waals surface area contributed by atoms with Gasteiger partial charge in [-0.05, 0) is 41.8 Å². The third kappa shape index (κ3) is 6.59. The highest BCUT2D eigenvalue weighted by Crippen LogP contribution is 2.25. The number of benzene rings is 2. The van der Waals surface area contributed by atoms with Crippen LogP contribution in [0.15, 0.2) is 48.5 Å². The second-order valence-corrected chi connectivity index (χ2v) is 6.35. The van der Waals surface area contributed by atoms with Crippen molar-refractivity contribution >= 4 is 11.8 Å². The summed E-state index contributed by atoms with van der Waals surface area (Å²) < 4.78 is 15.9. The first-order chi connectivity index (χ1) is 13.5. The van der Waals surface area contributed by atoms with Gasteiger partial charge in [0.1, 0.15) is 18.1 Å². The Morgan fingerprint density at radius 1 is 0.929 bits per heavy atom. The van der Waals surface area contributed by atoms with Crippen LogP contribution in [-0.4, -0.2) is 38.7 Å². The lowest BCUT2D eigenvalue weighted by Gasteiger charge is -2.14. The summed E-state index contributed by atoms with van der Waals surface area (Å²) in [7, 11) is 1.60. The molecule has 0 saturated carbocycles. The molecule has 150 valence electrons. The van der Waals surface area contributed by atoms with E-state index in [0.29, 0.717) is 30.3 Å². The Balaban J connectivity index is 1.78. The summed E-state index contributed by atoms with van der Waals surface area (Å²) in [6.07, 6.45) is 0. The van der Waals surface area contributed by atoms with Gasteiger partial charge in [0, 0.05) is 12.7 Å². The predicted molar refractivity (Wildman–Crippen MR) is 105 cm³/mol. The molecule has 2 N–H and O–H groups in total. The highest BCUT2D eigenvalue weighted by molar-refractivity contribution is 5.95. The summed E-state index contributed by atoms with van der Waals surface area (Å²) in [6.45, 7) is 4.82. The maximum absolute atomic E-state index is 12.1. The second-order valence-electron chi connectivity index (χ2n) is 6.35. The molecule has 0 aliphatic rings. The molecule has 0 unspecified atom stereocenters. The van der Waals surface area contributed by atoms with Gasteiger partial charge in [0.05, 0.1) is 6.61 Å². The molecule has 0 radical (unpaired) electrons. The van der Waals surface area contributed by atoms with Crippen LogP contribution in [0, 0.1) is 0 Å². The standard InChI is InChI=1S/C21H26N2O5/c1-15(2)18-6-4-5-7-19(18)28-14-20(24)22-23-21(25)16-8-10-17(11-9-16)27-13-12-26-3/h4-11,15H,12-14H2,1-3H3,(H,22,24)(H,23,25). The molecule has 0 spiro atoms. The van der Waals surface area contributed by atoms with Crippen molar-refractivity contribution in [1.29, 1.82) is 0 Å². The highest BCUT2D eigenvalue weighted by Gasteiger charge is 2.11. The molecule has 0 aliphatic carbocycles. The number of carbonyl (C=O) groups excluding carboxylic acids is 2. The molecular weight excluding hydrogens is 360 g/mol. The lowest BCUT2D eigenvalue weighted by Crippen LogP contribution is -2.43. The fourth-order valence-electron chi connectivity index (χ4n) is 2.41. The van der Waals surface area contributed by atoms with Gasteiger partial charge in [-0.3, -0.25) is 20.4 Å². The van der Waals surface area contributed by atoms with Gasteiger partial charge in [0.15, 0.2) is 6.61 Å². The fourth-order valence-corrected chi connectivity index (χ4v) is 2.41. The fraction of sp³-hybridized carbons (Fsp3) is 0.333. The van der Waals surface area contributed by atoms with Crippen LogP contribution < -0.4 is 20.3 Å². The Morgan fingerprint density at radius 3 is 2.32 bits per heavy atom. The largest absolute Gasteiger partial charge is 0.491 e. The van der Waals surface area contributed by atoms with Gasteiger partial charge >= 0.3 is 0 Å². The van der Waals surface area contributed by atoms with E-state index in [9.17, 15) is 9.59 Å². The first-order valence-electron chi connectivity index (χ1n) is 9.04. The molecule has 2 amide bonds.